The molecule has 9 rings (SSSR count). The zero-order chi connectivity index (χ0) is 34.0. The first-order valence-corrected chi connectivity index (χ1v) is 16.9. The summed E-state index contributed by atoms with van der Waals surface area (Å²) in [6, 6.07) is 53.2. The molecular weight excluding hydrogens is 613 g/mol. The Bertz CT molecular complexity index is 2640. The van der Waals surface area contributed by atoms with Gasteiger partial charge in [-0.25, -0.2) is 14.8 Å². The van der Waals surface area contributed by atoms with Gasteiger partial charge in [-0.1, -0.05) is 133 Å². The van der Waals surface area contributed by atoms with Gasteiger partial charge in [0.25, 0.3) is 0 Å². The van der Waals surface area contributed by atoms with Gasteiger partial charge < -0.3 is 0 Å². The van der Waals surface area contributed by atoms with Gasteiger partial charge in [0.2, 0.25) is 0 Å². The van der Waals surface area contributed by atoms with Gasteiger partial charge in [0, 0.05) is 36.2 Å². The second-order valence-electron chi connectivity index (χ2n) is 13.3. The van der Waals surface area contributed by atoms with Gasteiger partial charge in [-0.3, -0.25) is 9.13 Å². The number of nitrogens with zero attached hydrogens (tertiary/aromatic N) is 4. The quantitative estimate of drug-likeness (QED) is 0.187. The minimum Gasteiger partial charge on any atom is -0.295 e. The van der Waals surface area contributed by atoms with Crippen molar-refractivity contribution < 1.29 is 0 Å². The Balaban J connectivity index is 1.20. The van der Waals surface area contributed by atoms with E-state index in [0.717, 1.165) is 50.2 Å². The van der Waals surface area contributed by atoms with E-state index in [2.05, 4.69) is 134 Å². The van der Waals surface area contributed by atoms with E-state index in [1.165, 1.54) is 27.8 Å². The van der Waals surface area contributed by atoms with E-state index in [4.69, 9.17) is 9.97 Å². The van der Waals surface area contributed by atoms with E-state index >= 15 is 0 Å². The van der Waals surface area contributed by atoms with E-state index in [9.17, 15) is 4.79 Å². The molecule has 2 aromatic heterocycles. The van der Waals surface area contributed by atoms with Crippen molar-refractivity contribution in [2.24, 2.45) is 14.1 Å². The van der Waals surface area contributed by atoms with Crippen LogP contribution in [0.1, 0.15) is 23.6 Å². The molecule has 0 radical (unpaired) electrons. The maximum atomic E-state index is 12.5. The van der Waals surface area contributed by atoms with Crippen LogP contribution in [0, 0.1) is 0 Å². The number of rotatable bonds is 5. The number of imidazole rings is 1. The van der Waals surface area contributed by atoms with Crippen molar-refractivity contribution in [2.75, 3.05) is 0 Å². The zero-order valence-corrected chi connectivity index (χ0v) is 28.1. The van der Waals surface area contributed by atoms with Gasteiger partial charge in [-0.2, -0.15) is 0 Å². The van der Waals surface area contributed by atoms with Crippen LogP contribution >= 0.6 is 0 Å². The number of fused-ring (bicyclic) bond motifs is 4. The van der Waals surface area contributed by atoms with Crippen LogP contribution in [-0.4, -0.2) is 19.1 Å². The minimum absolute atomic E-state index is 0.0291. The molecule has 1 aliphatic carbocycles. The Hall–Kier alpha value is -6.33. The molecule has 0 spiro atoms. The average molecular weight is 647 g/mol. The molecule has 0 bridgehead atoms. The standard InChI is InChI=1S/C45H34N4O/c1-45(33-15-8-5-9-16-33)36-19-11-10-17-34(36)42-35(18-12-20-37(42)45)39-28-38(46-43(47-39)31-13-6-4-7-14-31)30-23-21-29(22-24-30)32-25-26-40-41(27-32)49(3)44(50)48(40)2/h4-28H,1-3H3. The summed E-state index contributed by atoms with van der Waals surface area (Å²) in [6.45, 7) is 2.34. The third kappa shape index (κ3) is 4.51. The van der Waals surface area contributed by atoms with Gasteiger partial charge in [0.15, 0.2) is 5.82 Å². The first-order valence-electron chi connectivity index (χ1n) is 16.9. The summed E-state index contributed by atoms with van der Waals surface area (Å²) in [5, 5.41) is 0. The number of hydrogen-bond acceptors (Lipinski definition) is 3. The van der Waals surface area contributed by atoms with Crippen molar-refractivity contribution in [2.45, 2.75) is 12.3 Å². The number of aryl methyl sites for hydroxylation is 2. The average Bonchev–Trinajstić information content (AvgIpc) is 3.58. The van der Waals surface area contributed by atoms with E-state index in [1.807, 2.05) is 38.4 Å². The molecule has 0 saturated heterocycles. The lowest BCUT2D eigenvalue weighted by atomic mass is 9.74. The third-order valence-electron chi connectivity index (χ3n) is 10.5. The molecular formula is C45H34N4O. The highest BCUT2D eigenvalue weighted by molar-refractivity contribution is 5.94. The highest BCUT2D eigenvalue weighted by atomic mass is 16.1. The van der Waals surface area contributed by atoms with Crippen LogP contribution in [-0.2, 0) is 19.5 Å². The maximum absolute atomic E-state index is 12.5. The lowest BCUT2D eigenvalue weighted by molar-refractivity contribution is 0.714. The Morgan fingerprint density at radius 3 is 1.88 bits per heavy atom. The van der Waals surface area contributed by atoms with Gasteiger partial charge in [0.05, 0.1) is 22.4 Å². The summed E-state index contributed by atoms with van der Waals surface area (Å²) >= 11 is 0. The molecule has 8 aromatic rings. The molecule has 5 nitrogen and oxygen atoms in total. The lowest BCUT2D eigenvalue weighted by Gasteiger charge is -2.28. The van der Waals surface area contributed by atoms with Crippen LogP contribution in [0.2, 0.25) is 0 Å². The number of hydrogen-bond donors (Lipinski definition) is 0. The van der Waals surface area contributed by atoms with Crippen LogP contribution in [0.5, 0.6) is 0 Å². The Morgan fingerprint density at radius 2 is 1.10 bits per heavy atom. The van der Waals surface area contributed by atoms with Crippen molar-refractivity contribution in [1.82, 2.24) is 19.1 Å². The van der Waals surface area contributed by atoms with Crippen LogP contribution in [0.3, 0.4) is 0 Å². The van der Waals surface area contributed by atoms with E-state index in [1.54, 1.807) is 9.13 Å². The molecule has 0 fully saturated rings. The first-order chi connectivity index (χ1) is 24.4. The van der Waals surface area contributed by atoms with Gasteiger partial charge in [-0.05, 0) is 64.1 Å². The van der Waals surface area contributed by atoms with Crippen molar-refractivity contribution >= 4 is 11.0 Å². The smallest absolute Gasteiger partial charge is 0.295 e. The highest BCUT2D eigenvalue weighted by Crippen LogP contribution is 2.55. The monoisotopic (exact) mass is 646 g/mol. The molecule has 2 heterocycles. The predicted octanol–water partition coefficient (Wildman–Crippen LogP) is 9.67. The molecule has 1 atom stereocenters. The van der Waals surface area contributed by atoms with E-state index < -0.39 is 0 Å². The summed E-state index contributed by atoms with van der Waals surface area (Å²) in [5.74, 6) is 0.687. The summed E-state index contributed by atoms with van der Waals surface area (Å²) in [7, 11) is 3.63. The van der Waals surface area contributed by atoms with E-state index in [0.29, 0.717) is 5.82 Å². The zero-order valence-electron chi connectivity index (χ0n) is 28.1. The molecule has 0 saturated carbocycles. The highest BCUT2D eigenvalue weighted by Gasteiger charge is 2.41. The minimum atomic E-state index is -0.299. The molecule has 5 heteroatoms. The number of benzene rings is 6. The molecule has 0 amide bonds. The van der Waals surface area contributed by atoms with Gasteiger partial charge in [0.1, 0.15) is 0 Å². The maximum Gasteiger partial charge on any atom is 0.328 e. The topological polar surface area (TPSA) is 52.7 Å². The van der Waals surface area contributed by atoms with Crippen LogP contribution in [0.15, 0.2) is 156 Å². The fourth-order valence-electron chi connectivity index (χ4n) is 7.81. The second kappa shape index (κ2) is 11.4. The van der Waals surface area contributed by atoms with Gasteiger partial charge in [-0.15, -0.1) is 0 Å². The summed E-state index contributed by atoms with van der Waals surface area (Å²) < 4.78 is 3.38. The van der Waals surface area contributed by atoms with Crippen molar-refractivity contribution in [3.8, 4) is 56.2 Å². The fourth-order valence-corrected chi connectivity index (χ4v) is 7.81. The number of aromatic nitrogens is 4. The van der Waals surface area contributed by atoms with Crippen molar-refractivity contribution in [3.63, 3.8) is 0 Å². The molecule has 6 aromatic carbocycles. The molecule has 240 valence electrons. The van der Waals surface area contributed by atoms with Crippen LogP contribution in [0.25, 0.3) is 67.2 Å². The van der Waals surface area contributed by atoms with E-state index in [-0.39, 0.29) is 11.1 Å². The summed E-state index contributed by atoms with van der Waals surface area (Å²) in [5.41, 5.74) is 14.7. The van der Waals surface area contributed by atoms with Crippen molar-refractivity contribution in [1.29, 1.82) is 0 Å². The van der Waals surface area contributed by atoms with Crippen LogP contribution < -0.4 is 5.69 Å². The Kier molecular flexibility index (Phi) is 6.78. The molecule has 0 N–H and O–H groups in total. The molecule has 1 aliphatic rings. The molecule has 50 heavy (non-hydrogen) atoms. The molecule has 1 unspecified atom stereocenters. The summed E-state index contributed by atoms with van der Waals surface area (Å²) in [4.78, 5) is 22.9. The summed E-state index contributed by atoms with van der Waals surface area (Å²) in [6.07, 6.45) is 0. The largest absolute Gasteiger partial charge is 0.328 e. The lowest BCUT2D eigenvalue weighted by Crippen LogP contribution is -2.22. The molecule has 0 aliphatic heterocycles. The normalized spacial score (nSPS) is 14.9. The third-order valence-corrected chi connectivity index (χ3v) is 10.5. The second-order valence-corrected chi connectivity index (χ2v) is 13.3. The van der Waals surface area contributed by atoms with Crippen molar-refractivity contribution in [3.05, 3.63) is 179 Å². The fraction of sp³-hybridized carbons (Fsp3) is 0.0889. The predicted molar refractivity (Wildman–Crippen MR) is 203 cm³/mol. The Morgan fingerprint density at radius 1 is 0.500 bits per heavy atom. The van der Waals surface area contributed by atoms with Gasteiger partial charge >= 0.3 is 5.69 Å². The Labute approximate surface area is 290 Å². The van der Waals surface area contributed by atoms with Crippen LogP contribution in [0.4, 0.5) is 0 Å². The first kappa shape index (κ1) is 29.8. The SMILES string of the molecule is Cn1c(=O)n(C)c2cc(-c3ccc(-c4cc(-c5cccc6c5-c5ccccc5C6(C)c5ccccc5)nc(-c5ccccc5)n4)cc3)ccc21.